The summed E-state index contributed by atoms with van der Waals surface area (Å²) in [6.07, 6.45) is 40.6. The number of carbonyl (C=O) groups excluding carboxylic acids is 2. The number of carbonyl (C=O) groups is 3. The molecule has 0 saturated carbocycles. The molecule has 0 saturated heterocycles. The highest BCUT2D eigenvalue weighted by Gasteiger charge is 2.28. The van der Waals surface area contributed by atoms with Gasteiger partial charge in [0.25, 0.3) is 0 Å². The maximum absolute atomic E-state index is 12.6. The fourth-order valence-electron chi connectivity index (χ4n) is 5.79. The molecule has 4 N–H and O–H groups in total. The third-order valence-corrected chi connectivity index (χ3v) is 10.1. The molecule has 3 atom stereocenters. The van der Waals surface area contributed by atoms with E-state index in [1.165, 1.54) is 77.0 Å². The molecule has 55 heavy (non-hydrogen) atoms. The van der Waals surface area contributed by atoms with Gasteiger partial charge in [0.15, 0.2) is 6.10 Å². The Morgan fingerprint density at radius 1 is 0.582 bits per heavy atom. The van der Waals surface area contributed by atoms with Crippen LogP contribution in [0.15, 0.2) is 36.5 Å². The van der Waals surface area contributed by atoms with Gasteiger partial charge in [-0.05, 0) is 44.9 Å². The molecule has 0 aliphatic heterocycles. The second kappa shape index (κ2) is 38.6. The first-order valence-corrected chi connectivity index (χ1v) is 23.0. The molecule has 0 heterocycles. The Labute approximate surface area is 333 Å². The van der Waals surface area contributed by atoms with E-state index in [1.54, 1.807) is 0 Å². The Bertz CT molecular complexity index is 1080. The lowest BCUT2D eigenvalue weighted by atomic mass is 10.0. The number of unbranched alkanes of at least 4 members (excludes halogenated alkanes) is 20. The zero-order valence-electron chi connectivity index (χ0n) is 34.5. The van der Waals surface area contributed by atoms with Crippen LogP contribution in [0.5, 0.6) is 0 Å². The highest BCUT2D eigenvalue weighted by atomic mass is 31.2. The molecule has 0 fully saturated rings. The van der Waals surface area contributed by atoms with Crippen LogP contribution in [0.4, 0.5) is 0 Å². The van der Waals surface area contributed by atoms with Crippen LogP contribution in [0.2, 0.25) is 0 Å². The van der Waals surface area contributed by atoms with E-state index in [9.17, 15) is 23.8 Å². The van der Waals surface area contributed by atoms with Crippen LogP contribution < -0.4 is 5.73 Å². The molecule has 0 aromatic heterocycles. The molecule has 11 nitrogen and oxygen atoms in total. The molecule has 0 spiro atoms. The van der Waals surface area contributed by atoms with E-state index in [4.69, 9.17) is 24.8 Å². The standard InChI is InChI=1S/C43H78NO10P/c1-3-5-7-9-11-13-15-17-19-21-22-24-26-28-30-32-34-41(45)51-36-39(37-52-55(49,50)53-38-40(44)43(47)48)54-42(46)35-33-31-29-27-25-23-20-18-16-14-12-10-8-6-4-2/h6,8,12,14,18,20,39-40H,3-5,7,9-11,13,15-17,19,21-38,44H2,1-2H3,(H,47,48)(H,49,50)/b8-6-,14-12-,20-18-/t39-,40+/m1/s1. The molecule has 0 bridgehead atoms. The van der Waals surface area contributed by atoms with Gasteiger partial charge in [-0.3, -0.25) is 23.4 Å². The first-order valence-electron chi connectivity index (χ1n) is 21.5. The molecule has 0 aliphatic carbocycles. The number of phosphoric acid groups is 1. The van der Waals surface area contributed by atoms with Crippen molar-refractivity contribution in [2.24, 2.45) is 5.73 Å². The van der Waals surface area contributed by atoms with Gasteiger partial charge < -0.3 is 25.2 Å². The van der Waals surface area contributed by atoms with Gasteiger partial charge in [0, 0.05) is 12.8 Å². The van der Waals surface area contributed by atoms with Crippen LogP contribution in [0.3, 0.4) is 0 Å². The number of nitrogens with two attached hydrogens (primary N) is 1. The topological polar surface area (TPSA) is 172 Å². The smallest absolute Gasteiger partial charge is 0.472 e. The summed E-state index contributed by atoms with van der Waals surface area (Å²) >= 11 is 0. The van der Waals surface area contributed by atoms with Gasteiger partial charge in [0.1, 0.15) is 12.6 Å². The lowest BCUT2D eigenvalue weighted by molar-refractivity contribution is -0.161. The summed E-state index contributed by atoms with van der Waals surface area (Å²) < 4.78 is 32.7. The van der Waals surface area contributed by atoms with Crippen LogP contribution in [-0.4, -0.2) is 59.9 Å². The van der Waals surface area contributed by atoms with E-state index < -0.39 is 51.1 Å². The zero-order chi connectivity index (χ0) is 40.7. The van der Waals surface area contributed by atoms with Crippen LogP contribution >= 0.6 is 7.82 Å². The van der Waals surface area contributed by atoms with E-state index in [1.807, 2.05) is 0 Å². The molecule has 0 amide bonds. The second-order valence-corrected chi connectivity index (χ2v) is 15.9. The van der Waals surface area contributed by atoms with Crippen molar-refractivity contribution in [3.63, 3.8) is 0 Å². The first-order chi connectivity index (χ1) is 26.6. The van der Waals surface area contributed by atoms with Gasteiger partial charge in [-0.25, -0.2) is 4.57 Å². The monoisotopic (exact) mass is 800 g/mol. The maximum atomic E-state index is 12.6. The van der Waals surface area contributed by atoms with Crippen LogP contribution in [0.1, 0.15) is 187 Å². The van der Waals surface area contributed by atoms with Crippen molar-refractivity contribution in [2.75, 3.05) is 19.8 Å². The fraction of sp³-hybridized carbons (Fsp3) is 0.791. The Kier molecular flexibility index (Phi) is 37.0. The summed E-state index contributed by atoms with van der Waals surface area (Å²) in [6, 6.07) is -1.52. The highest BCUT2D eigenvalue weighted by molar-refractivity contribution is 7.47. The Balaban J connectivity index is 4.37. The first kappa shape index (κ1) is 52.7. The minimum atomic E-state index is -4.72. The SMILES string of the molecule is CC/C=C\C/C=C\C/C=C\CCCCCCCC(=O)O[C@H](COC(=O)CCCCCCCCCCCCCCCCCC)COP(=O)(O)OC[C@H](N)C(=O)O. The number of carboxylic acid groups (broad SMARTS) is 1. The van der Waals surface area contributed by atoms with Crippen molar-refractivity contribution in [2.45, 2.75) is 199 Å². The largest absolute Gasteiger partial charge is 0.480 e. The van der Waals surface area contributed by atoms with Crippen LogP contribution in [0, 0.1) is 0 Å². The van der Waals surface area contributed by atoms with Gasteiger partial charge in [0.05, 0.1) is 13.2 Å². The number of hydrogen-bond acceptors (Lipinski definition) is 9. The van der Waals surface area contributed by atoms with Crippen molar-refractivity contribution in [1.82, 2.24) is 0 Å². The van der Waals surface area contributed by atoms with E-state index in [2.05, 4.69) is 54.8 Å². The fourth-order valence-corrected chi connectivity index (χ4v) is 6.56. The second-order valence-electron chi connectivity index (χ2n) is 14.5. The number of rotatable bonds is 40. The lowest BCUT2D eigenvalue weighted by Gasteiger charge is -2.20. The Morgan fingerprint density at radius 2 is 1.02 bits per heavy atom. The Hall–Kier alpha value is -2.30. The van der Waals surface area contributed by atoms with Crippen molar-refractivity contribution >= 4 is 25.7 Å². The molecule has 1 unspecified atom stereocenters. The Morgan fingerprint density at radius 3 is 1.53 bits per heavy atom. The van der Waals surface area contributed by atoms with Crippen molar-refractivity contribution in [3.05, 3.63) is 36.5 Å². The molecule has 12 heteroatoms. The highest BCUT2D eigenvalue weighted by Crippen LogP contribution is 2.43. The van der Waals surface area contributed by atoms with Gasteiger partial charge in [-0.15, -0.1) is 0 Å². The summed E-state index contributed by atoms with van der Waals surface area (Å²) in [4.78, 5) is 45.9. The molecule has 0 radical (unpaired) electrons. The number of hydrogen-bond donors (Lipinski definition) is 3. The quantitative estimate of drug-likeness (QED) is 0.0233. The predicted octanol–water partition coefficient (Wildman–Crippen LogP) is 11.2. The normalized spacial score (nSPS) is 14.1. The van der Waals surface area contributed by atoms with Crippen molar-refractivity contribution in [3.8, 4) is 0 Å². The molecule has 0 aliphatic rings. The lowest BCUT2D eigenvalue weighted by Crippen LogP contribution is -2.34. The van der Waals surface area contributed by atoms with Gasteiger partial charge in [-0.2, -0.15) is 0 Å². The molecule has 320 valence electrons. The number of carboxylic acids is 1. The number of allylic oxidation sites excluding steroid dienone is 6. The van der Waals surface area contributed by atoms with Gasteiger partial charge >= 0.3 is 25.7 Å². The maximum Gasteiger partial charge on any atom is 0.472 e. The third-order valence-electron chi connectivity index (χ3n) is 9.15. The molecular formula is C43H78NO10P. The zero-order valence-corrected chi connectivity index (χ0v) is 35.4. The van der Waals surface area contributed by atoms with E-state index in [0.717, 1.165) is 70.6 Å². The van der Waals surface area contributed by atoms with Crippen LogP contribution in [-0.2, 0) is 37.5 Å². The average molecular weight is 800 g/mol. The van der Waals surface area contributed by atoms with E-state index in [0.29, 0.717) is 12.8 Å². The third kappa shape index (κ3) is 38.4. The minimum Gasteiger partial charge on any atom is -0.480 e. The van der Waals surface area contributed by atoms with Crippen LogP contribution in [0.25, 0.3) is 0 Å². The predicted molar refractivity (Wildman–Crippen MR) is 222 cm³/mol. The molecule has 0 aromatic rings. The molecule has 0 aromatic carbocycles. The number of esters is 2. The van der Waals surface area contributed by atoms with E-state index >= 15 is 0 Å². The summed E-state index contributed by atoms with van der Waals surface area (Å²) in [5, 5.41) is 8.88. The molecular weight excluding hydrogens is 721 g/mol. The van der Waals surface area contributed by atoms with E-state index in [-0.39, 0.29) is 19.4 Å². The van der Waals surface area contributed by atoms with Gasteiger partial charge in [-0.1, -0.05) is 166 Å². The van der Waals surface area contributed by atoms with Gasteiger partial charge in [0.2, 0.25) is 0 Å². The summed E-state index contributed by atoms with van der Waals surface area (Å²) in [7, 11) is -4.72. The average Bonchev–Trinajstić information content (AvgIpc) is 3.16. The number of phosphoric ester groups is 1. The number of ether oxygens (including phenoxy) is 2. The number of aliphatic carboxylic acids is 1. The minimum absolute atomic E-state index is 0.143. The van der Waals surface area contributed by atoms with Crippen molar-refractivity contribution < 1.29 is 47.5 Å². The molecule has 0 rings (SSSR count). The summed E-state index contributed by atoms with van der Waals surface area (Å²) in [5.74, 6) is -2.40. The van der Waals surface area contributed by atoms with Crippen molar-refractivity contribution in [1.29, 1.82) is 0 Å². The summed E-state index contributed by atoms with van der Waals surface area (Å²) in [5.41, 5.74) is 5.33. The summed E-state index contributed by atoms with van der Waals surface area (Å²) in [6.45, 7) is 2.68.